The fourth-order valence-corrected chi connectivity index (χ4v) is 1.83. The molecule has 2 aromatic carbocycles. The Bertz CT molecular complexity index is 471. The van der Waals surface area contributed by atoms with Gasteiger partial charge in [0.15, 0.2) is 0 Å². The second-order valence-corrected chi connectivity index (χ2v) is 4.62. The number of hydrogen-bond donors (Lipinski definition) is 0. The molecule has 0 spiro atoms. The van der Waals surface area contributed by atoms with Crippen LogP contribution in [0.5, 0.6) is 0 Å². The lowest BCUT2D eigenvalue weighted by Crippen LogP contribution is -2.31. The summed E-state index contributed by atoms with van der Waals surface area (Å²) in [5, 5.41) is -0.564. The highest BCUT2D eigenvalue weighted by Gasteiger charge is 2.21. The third kappa shape index (κ3) is 2.71. The molecule has 0 aliphatic carbocycles. The molecule has 0 saturated heterocycles. The molecular formula is C15H14ClNO. The van der Waals surface area contributed by atoms with E-state index in [2.05, 4.69) is 0 Å². The molecule has 0 heterocycles. The quantitative estimate of drug-likeness (QED) is 0.764. The van der Waals surface area contributed by atoms with Gasteiger partial charge in [-0.05, 0) is 31.2 Å². The summed E-state index contributed by atoms with van der Waals surface area (Å²) >= 11 is 5.93. The van der Waals surface area contributed by atoms with Crippen LogP contribution in [0, 0.1) is 0 Å². The van der Waals surface area contributed by atoms with Crippen molar-refractivity contribution in [3.63, 3.8) is 0 Å². The minimum Gasteiger partial charge on any atom is -0.280 e. The van der Waals surface area contributed by atoms with Crippen LogP contribution in [0.15, 0.2) is 60.7 Å². The molecule has 18 heavy (non-hydrogen) atoms. The lowest BCUT2D eigenvalue weighted by atomic mass is 10.2. The molecule has 0 aromatic heterocycles. The van der Waals surface area contributed by atoms with Crippen molar-refractivity contribution in [3.05, 3.63) is 60.7 Å². The first-order chi connectivity index (χ1) is 8.70. The number of rotatable bonds is 3. The van der Waals surface area contributed by atoms with Crippen molar-refractivity contribution in [1.29, 1.82) is 0 Å². The number of halogens is 1. The highest BCUT2D eigenvalue weighted by Crippen LogP contribution is 2.26. The van der Waals surface area contributed by atoms with Gasteiger partial charge in [0.25, 0.3) is 0 Å². The molecule has 1 amide bonds. The van der Waals surface area contributed by atoms with Crippen molar-refractivity contribution >= 4 is 28.9 Å². The van der Waals surface area contributed by atoms with Crippen molar-refractivity contribution in [2.24, 2.45) is 0 Å². The Labute approximate surface area is 112 Å². The molecule has 2 aromatic rings. The van der Waals surface area contributed by atoms with Crippen LogP contribution in [0.1, 0.15) is 6.92 Å². The lowest BCUT2D eigenvalue weighted by molar-refractivity contribution is -0.117. The molecule has 0 saturated carbocycles. The summed E-state index contributed by atoms with van der Waals surface area (Å²) in [6.07, 6.45) is 0. The second kappa shape index (κ2) is 5.69. The second-order valence-electron chi connectivity index (χ2n) is 3.96. The molecule has 92 valence electrons. The Balaban J connectivity index is 2.45. The summed E-state index contributed by atoms with van der Waals surface area (Å²) in [5.74, 6) is -0.130. The highest BCUT2D eigenvalue weighted by molar-refractivity contribution is 6.33. The first-order valence-corrected chi connectivity index (χ1v) is 6.22. The Morgan fingerprint density at radius 3 is 1.67 bits per heavy atom. The summed E-state index contributed by atoms with van der Waals surface area (Å²) in [5.41, 5.74) is 1.64. The molecule has 0 fully saturated rings. The Kier molecular flexibility index (Phi) is 4.00. The maximum atomic E-state index is 12.2. The number of hydrogen-bond acceptors (Lipinski definition) is 1. The number of alkyl halides is 1. The number of anilines is 2. The van der Waals surface area contributed by atoms with E-state index in [0.717, 1.165) is 11.4 Å². The minimum absolute atomic E-state index is 0.130. The van der Waals surface area contributed by atoms with Crippen molar-refractivity contribution in [2.45, 2.75) is 12.3 Å². The standard InChI is InChI=1S/C15H14ClNO/c1-12(16)15(18)17(13-8-4-2-5-9-13)14-10-6-3-7-11-14/h2-12H,1H3/t12-/m0/s1. The lowest BCUT2D eigenvalue weighted by Gasteiger charge is -2.24. The molecular weight excluding hydrogens is 246 g/mol. The monoisotopic (exact) mass is 259 g/mol. The van der Waals surface area contributed by atoms with Crippen molar-refractivity contribution in [2.75, 3.05) is 4.90 Å². The maximum absolute atomic E-state index is 12.2. The van der Waals surface area contributed by atoms with E-state index in [1.807, 2.05) is 60.7 Å². The zero-order valence-corrected chi connectivity index (χ0v) is 10.8. The van der Waals surface area contributed by atoms with Gasteiger partial charge in [0.1, 0.15) is 5.38 Å². The summed E-state index contributed by atoms with van der Waals surface area (Å²) in [7, 11) is 0. The first-order valence-electron chi connectivity index (χ1n) is 5.78. The SMILES string of the molecule is C[C@H](Cl)C(=O)N(c1ccccc1)c1ccccc1. The van der Waals surface area contributed by atoms with E-state index in [4.69, 9.17) is 11.6 Å². The highest BCUT2D eigenvalue weighted by atomic mass is 35.5. The number of carbonyl (C=O) groups excluding carboxylic acids is 1. The van der Waals surface area contributed by atoms with E-state index in [-0.39, 0.29) is 5.91 Å². The fraction of sp³-hybridized carbons (Fsp3) is 0.133. The van der Waals surface area contributed by atoms with Crippen LogP contribution >= 0.6 is 11.6 Å². The molecule has 3 heteroatoms. The van der Waals surface area contributed by atoms with Gasteiger partial charge in [-0.2, -0.15) is 0 Å². The van der Waals surface area contributed by atoms with E-state index in [0.29, 0.717) is 0 Å². The number of para-hydroxylation sites is 2. The number of carbonyl (C=O) groups is 1. The smallest absolute Gasteiger partial charge is 0.249 e. The largest absolute Gasteiger partial charge is 0.280 e. The number of benzene rings is 2. The molecule has 0 radical (unpaired) electrons. The Morgan fingerprint density at radius 2 is 1.33 bits per heavy atom. The molecule has 1 atom stereocenters. The summed E-state index contributed by atoms with van der Waals surface area (Å²) in [6.45, 7) is 1.68. The van der Waals surface area contributed by atoms with Crippen LogP contribution in [0.4, 0.5) is 11.4 Å². The van der Waals surface area contributed by atoms with Gasteiger partial charge in [-0.3, -0.25) is 9.69 Å². The minimum atomic E-state index is -0.564. The van der Waals surface area contributed by atoms with Crippen LogP contribution in [-0.2, 0) is 4.79 Å². The molecule has 0 unspecified atom stereocenters. The topological polar surface area (TPSA) is 20.3 Å². The van der Waals surface area contributed by atoms with Gasteiger partial charge in [0.2, 0.25) is 5.91 Å². The van der Waals surface area contributed by atoms with Crippen LogP contribution in [-0.4, -0.2) is 11.3 Å². The maximum Gasteiger partial charge on any atom is 0.249 e. The van der Waals surface area contributed by atoms with E-state index >= 15 is 0 Å². The average Bonchev–Trinajstić information content (AvgIpc) is 2.41. The fourth-order valence-electron chi connectivity index (χ4n) is 1.74. The van der Waals surface area contributed by atoms with Gasteiger partial charge in [-0.25, -0.2) is 0 Å². The van der Waals surface area contributed by atoms with Crippen LogP contribution in [0.25, 0.3) is 0 Å². The molecule has 0 aliphatic rings. The third-order valence-corrected chi connectivity index (χ3v) is 2.78. The molecule has 0 bridgehead atoms. The van der Waals surface area contributed by atoms with E-state index in [1.165, 1.54) is 0 Å². The van der Waals surface area contributed by atoms with Gasteiger partial charge < -0.3 is 0 Å². The van der Waals surface area contributed by atoms with E-state index in [9.17, 15) is 4.79 Å². The zero-order chi connectivity index (χ0) is 13.0. The number of nitrogens with zero attached hydrogens (tertiary/aromatic N) is 1. The third-order valence-electron chi connectivity index (χ3n) is 2.59. The number of amides is 1. The molecule has 0 N–H and O–H groups in total. The molecule has 0 aliphatic heterocycles. The van der Waals surface area contributed by atoms with Crippen molar-refractivity contribution in [1.82, 2.24) is 0 Å². The molecule has 2 nitrogen and oxygen atoms in total. The molecule has 2 rings (SSSR count). The van der Waals surface area contributed by atoms with E-state index in [1.54, 1.807) is 11.8 Å². The summed E-state index contributed by atoms with van der Waals surface area (Å²) in [4.78, 5) is 13.9. The van der Waals surface area contributed by atoms with Crippen molar-refractivity contribution < 1.29 is 4.79 Å². The average molecular weight is 260 g/mol. The van der Waals surface area contributed by atoms with Gasteiger partial charge in [-0.1, -0.05) is 36.4 Å². The van der Waals surface area contributed by atoms with Crippen LogP contribution in [0.2, 0.25) is 0 Å². The predicted molar refractivity (Wildman–Crippen MR) is 75.3 cm³/mol. The normalized spacial score (nSPS) is 11.9. The van der Waals surface area contributed by atoms with Gasteiger partial charge in [0.05, 0.1) is 0 Å². The van der Waals surface area contributed by atoms with Crippen LogP contribution in [0.3, 0.4) is 0 Å². The summed E-state index contributed by atoms with van der Waals surface area (Å²) < 4.78 is 0. The van der Waals surface area contributed by atoms with Crippen molar-refractivity contribution in [3.8, 4) is 0 Å². The Morgan fingerprint density at radius 1 is 0.944 bits per heavy atom. The van der Waals surface area contributed by atoms with Gasteiger partial charge in [-0.15, -0.1) is 11.6 Å². The van der Waals surface area contributed by atoms with Gasteiger partial charge >= 0.3 is 0 Å². The zero-order valence-electron chi connectivity index (χ0n) is 10.1. The van der Waals surface area contributed by atoms with Gasteiger partial charge in [0, 0.05) is 11.4 Å². The summed E-state index contributed by atoms with van der Waals surface area (Å²) in [6, 6.07) is 19.0. The van der Waals surface area contributed by atoms with Crippen LogP contribution < -0.4 is 4.90 Å². The van der Waals surface area contributed by atoms with E-state index < -0.39 is 5.38 Å². The first kappa shape index (κ1) is 12.7. The predicted octanol–water partition coefficient (Wildman–Crippen LogP) is 3.98. The Hall–Kier alpha value is -1.80.